The van der Waals surface area contributed by atoms with E-state index >= 15 is 0 Å². The summed E-state index contributed by atoms with van der Waals surface area (Å²) in [4.78, 5) is 12.2. The number of hydrogen-bond donors (Lipinski definition) is 2. The van der Waals surface area contributed by atoms with E-state index in [2.05, 4.69) is 27.8 Å². The smallest absolute Gasteiger partial charge is 0.230 e. The van der Waals surface area contributed by atoms with E-state index in [0.717, 1.165) is 36.1 Å². The zero-order chi connectivity index (χ0) is 19.1. The number of nitrogens with zero attached hydrogens (tertiary/aromatic N) is 3. The van der Waals surface area contributed by atoms with E-state index in [-0.39, 0.29) is 5.91 Å². The summed E-state index contributed by atoms with van der Waals surface area (Å²) in [6.07, 6.45) is 5.91. The fourth-order valence-electron chi connectivity index (χ4n) is 3.27. The molecule has 1 aromatic carbocycles. The average Bonchev–Trinajstić information content (AvgIpc) is 3.08. The second kappa shape index (κ2) is 9.99. The fraction of sp³-hybridized carbons (Fsp3) is 0.526. The Balaban J connectivity index is 1.51. The maximum Gasteiger partial charge on any atom is 0.230 e. The number of benzene rings is 1. The Morgan fingerprint density at radius 1 is 1.22 bits per heavy atom. The minimum Gasteiger partial charge on any atom is -0.378 e. The van der Waals surface area contributed by atoms with E-state index in [4.69, 9.17) is 11.6 Å². The molecule has 1 amide bonds. The third kappa shape index (κ3) is 5.87. The molecule has 0 unspecified atom stereocenters. The molecule has 0 saturated heterocycles. The normalized spacial score (nSPS) is 14.9. The number of thioether (sulfide) groups is 1. The first-order valence-electron chi connectivity index (χ1n) is 9.49. The zero-order valence-electron chi connectivity index (χ0n) is 15.6. The Kier molecular flexibility index (Phi) is 7.41. The van der Waals surface area contributed by atoms with Gasteiger partial charge in [-0.1, -0.05) is 42.6 Å². The van der Waals surface area contributed by atoms with Crippen LogP contribution in [0.5, 0.6) is 0 Å². The molecule has 1 aliphatic rings. The van der Waals surface area contributed by atoms with Crippen molar-refractivity contribution in [3.63, 3.8) is 0 Å². The monoisotopic (exact) mass is 407 g/mol. The van der Waals surface area contributed by atoms with Gasteiger partial charge in [0, 0.05) is 23.3 Å². The highest BCUT2D eigenvalue weighted by molar-refractivity contribution is 7.99. The number of rotatable bonds is 8. The Labute approximate surface area is 169 Å². The minimum atomic E-state index is 0.0818. The largest absolute Gasteiger partial charge is 0.378 e. The first-order chi connectivity index (χ1) is 13.2. The van der Waals surface area contributed by atoms with E-state index in [9.17, 15) is 4.79 Å². The highest BCUT2D eigenvalue weighted by Crippen LogP contribution is 2.20. The van der Waals surface area contributed by atoms with E-state index in [1.807, 2.05) is 28.8 Å². The SMILES string of the molecule is CCn1c(CNc2ccc(Cl)cc2)nnc1SCC(=O)NC1CCCCC1. The van der Waals surface area contributed by atoms with Crippen molar-refractivity contribution in [3.05, 3.63) is 35.1 Å². The molecule has 1 aliphatic carbocycles. The Bertz CT molecular complexity index is 743. The van der Waals surface area contributed by atoms with E-state index in [0.29, 0.717) is 23.4 Å². The maximum atomic E-state index is 12.2. The van der Waals surface area contributed by atoms with E-state index in [1.54, 1.807) is 0 Å². The molecule has 2 aromatic rings. The van der Waals surface area contributed by atoms with Crippen LogP contribution in [0.2, 0.25) is 5.02 Å². The van der Waals surface area contributed by atoms with Gasteiger partial charge < -0.3 is 15.2 Å². The van der Waals surface area contributed by atoms with Crippen LogP contribution in [0.4, 0.5) is 5.69 Å². The molecule has 0 bridgehead atoms. The van der Waals surface area contributed by atoms with Gasteiger partial charge in [-0.3, -0.25) is 4.79 Å². The van der Waals surface area contributed by atoms with Crippen molar-refractivity contribution in [1.82, 2.24) is 20.1 Å². The number of hydrogen-bond acceptors (Lipinski definition) is 5. The standard InChI is InChI=1S/C19H26ClN5OS/c1-2-25-17(12-21-15-10-8-14(20)9-11-15)23-24-19(25)27-13-18(26)22-16-6-4-3-5-7-16/h8-11,16,21H,2-7,12-13H2,1H3,(H,22,26). The first kappa shape index (κ1) is 20.0. The Morgan fingerprint density at radius 2 is 1.96 bits per heavy atom. The topological polar surface area (TPSA) is 71.8 Å². The van der Waals surface area contributed by atoms with Gasteiger partial charge in [-0.2, -0.15) is 0 Å². The number of aromatic nitrogens is 3. The number of nitrogens with one attached hydrogen (secondary N) is 2. The van der Waals surface area contributed by atoms with Crippen LogP contribution in [-0.4, -0.2) is 32.5 Å². The number of anilines is 1. The molecule has 6 nitrogen and oxygen atoms in total. The van der Waals surface area contributed by atoms with Crippen LogP contribution in [0.15, 0.2) is 29.4 Å². The van der Waals surface area contributed by atoms with Crippen LogP contribution in [-0.2, 0) is 17.9 Å². The maximum absolute atomic E-state index is 12.2. The molecular weight excluding hydrogens is 382 g/mol. The summed E-state index contributed by atoms with van der Waals surface area (Å²) in [6.45, 7) is 3.38. The molecule has 8 heteroatoms. The average molecular weight is 408 g/mol. The third-order valence-corrected chi connectivity index (χ3v) is 5.93. The van der Waals surface area contributed by atoms with Crippen LogP contribution in [0.1, 0.15) is 44.9 Å². The van der Waals surface area contributed by atoms with Crippen LogP contribution < -0.4 is 10.6 Å². The molecule has 2 N–H and O–H groups in total. The predicted molar refractivity (Wildman–Crippen MR) is 110 cm³/mol. The predicted octanol–water partition coefficient (Wildman–Crippen LogP) is 4.10. The lowest BCUT2D eigenvalue weighted by Gasteiger charge is -2.22. The summed E-state index contributed by atoms with van der Waals surface area (Å²) in [5.41, 5.74) is 0.978. The van der Waals surface area contributed by atoms with Crippen molar-refractivity contribution >= 4 is 35.0 Å². The summed E-state index contributed by atoms with van der Waals surface area (Å²) in [5.74, 6) is 1.31. The highest BCUT2D eigenvalue weighted by Gasteiger charge is 2.17. The van der Waals surface area contributed by atoms with Gasteiger partial charge in [0.25, 0.3) is 0 Å². The van der Waals surface area contributed by atoms with E-state index < -0.39 is 0 Å². The lowest BCUT2D eigenvalue weighted by atomic mass is 9.95. The molecule has 146 valence electrons. The van der Waals surface area contributed by atoms with Gasteiger partial charge in [-0.05, 0) is 44.0 Å². The Morgan fingerprint density at radius 3 is 2.67 bits per heavy atom. The molecule has 3 rings (SSSR count). The minimum absolute atomic E-state index is 0.0818. The van der Waals surface area contributed by atoms with Crippen molar-refractivity contribution in [2.75, 3.05) is 11.1 Å². The zero-order valence-corrected chi connectivity index (χ0v) is 17.2. The van der Waals surface area contributed by atoms with Crippen molar-refractivity contribution in [1.29, 1.82) is 0 Å². The van der Waals surface area contributed by atoms with Crippen LogP contribution in [0.25, 0.3) is 0 Å². The molecule has 1 aromatic heterocycles. The molecule has 1 heterocycles. The molecule has 1 saturated carbocycles. The van der Waals surface area contributed by atoms with Gasteiger partial charge in [-0.25, -0.2) is 0 Å². The van der Waals surface area contributed by atoms with Crippen molar-refractivity contribution in [2.24, 2.45) is 0 Å². The summed E-state index contributed by atoms with van der Waals surface area (Å²) in [7, 11) is 0. The molecule has 0 aliphatic heterocycles. The van der Waals surface area contributed by atoms with Gasteiger partial charge >= 0.3 is 0 Å². The van der Waals surface area contributed by atoms with Crippen molar-refractivity contribution in [3.8, 4) is 0 Å². The summed E-state index contributed by atoms with van der Waals surface area (Å²) < 4.78 is 2.04. The third-order valence-electron chi connectivity index (χ3n) is 4.71. The summed E-state index contributed by atoms with van der Waals surface area (Å²) in [6, 6.07) is 7.90. The quantitative estimate of drug-likeness (QED) is 0.644. The van der Waals surface area contributed by atoms with Gasteiger partial charge in [0.2, 0.25) is 5.91 Å². The second-order valence-electron chi connectivity index (χ2n) is 6.69. The highest BCUT2D eigenvalue weighted by atomic mass is 35.5. The van der Waals surface area contributed by atoms with Gasteiger partial charge in [0.05, 0.1) is 12.3 Å². The number of halogens is 1. The van der Waals surface area contributed by atoms with Crippen LogP contribution in [0.3, 0.4) is 0 Å². The lowest BCUT2D eigenvalue weighted by molar-refractivity contribution is -0.119. The molecule has 0 radical (unpaired) electrons. The number of carbonyl (C=O) groups is 1. The number of amides is 1. The Hall–Kier alpha value is -1.73. The van der Waals surface area contributed by atoms with Crippen molar-refractivity contribution < 1.29 is 4.79 Å². The summed E-state index contributed by atoms with van der Waals surface area (Å²) in [5, 5.41) is 16.5. The van der Waals surface area contributed by atoms with Crippen LogP contribution in [0, 0.1) is 0 Å². The molecule has 1 fully saturated rings. The van der Waals surface area contributed by atoms with Gasteiger partial charge in [0.15, 0.2) is 11.0 Å². The number of carbonyl (C=O) groups excluding carboxylic acids is 1. The lowest BCUT2D eigenvalue weighted by Crippen LogP contribution is -2.37. The summed E-state index contributed by atoms with van der Waals surface area (Å²) >= 11 is 7.36. The van der Waals surface area contributed by atoms with Gasteiger partial charge in [0.1, 0.15) is 0 Å². The first-order valence-corrected chi connectivity index (χ1v) is 10.9. The van der Waals surface area contributed by atoms with Gasteiger partial charge in [-0.15, -0.1) is 10.2 Å². The van der Waals surface area contributed by atoms with E-state index in [1.165, 1.54) is 31.0 Å². The van der Waals surface area contributed by atoms with Crippen LogP contribution >= 0.6 is 23.4 Å². The molecular formula is C19H26ClN5OS. The molecule has 27 heavy (non-hydrogen) atoms. The molecule has 0 atom stereocenters. The molecule has 0 spiro atoms. The fourth-order valence-corrected chi connectivity index (χ4v) is 4.23. The second-order valence-corrected chi connectivity index (χ2v) is 8.07. The van der Waals surface area contributed by atoms with Crippen molar-refractivity contribution in [2.45, 2.75) is 63.3 Å².